The molecular formula is C17H15FN6OS. The van der Waals surface area contributed by atoms with Gasteiger partial charge in [-0.05, 0) is 42.2 Å². The minimum atomic E-state index is -0.778. The van der Waals surface area contributed by atoms with Gasteiger partial charge in [-0.3, -0.25) is 4.90 Å². The number of hydrogen-bond acceptors (Lipinski definition) is 6. The highest BCUT2D eigenvalue weighted by atomic mass is 32.1. The highest BCUT2D eigenvalue weighted by molar-refractivity contribution is 7.10. The number of amides is 1. The predicted octanol–water partition coefficient (Wildman–Crippen LogP) is 2.94. The van der Waals surface area contributed by atoms with E-state index in [4.69, 9.17) is 0 Å². The molecule has 0 saturated carbocycles. The van der Waals surface area contributed by atoms with Gasteiger partial charge in [-0.2, -0.15) is 14.2 Å². The lowest BCUT2D eigenvalue weighted by Crippen LogP contribution is -2.25. The van der Waals surface area contributed by atoms with E-state index in [2.05, 4.69) is 14.5 Å². The number of alkyl halides is 1. The van der Waals surface area contributed by atoms with Crippen LogP contribution >= 0.6 is 11.5 Å². The van der Waals surface area contributed by atoms with Gasteiger partial charge in [0.1, 0.15) is 17.0 Å². The normalized spacial score (nSPS) is 19.4. The molecule has 5 heterocycles. The number of aromatic nitrogens is 4. The fraction of sp³-hybridized carbons (Fsp3) is 0.294. The van der Waals surface area contributed by atoms with E-state index >= 15 is 0 Å². The first-order valence-corrected chi connectivity index (χ1v) is 9.13. The Labute approximate surface area is 152 Å². The van der Waals surface area contributed by atoms with Gasteiger partial charge in [0.15, 0.2) is 0 Å². The molecule has 26 heavy (non-hydrogen) atoms. The third-order valence-electron chi connectivity index (χ3n) is 4.70. The van der Waals surface area contributed by atoms with Gasteiger partial charge in [-0.1, -0.05) is 0 Å². The van der Waals surface area contributed by atoms with Gasteiger partial charge in [0.2, 0.25) is 0 Å². The standard InChI is InChI=1S/C17H15FN6OS/c18-12-4-6-22(9-12)15-2-1-11(8-19-15)14-7-13-10-23(16-3-5-20-26-16)17(25)24(13)21-14/h1-3,5,7-8,12H,4,6,9-10H2/t12-/m1/s1. The monoisotopic (exact) mass is 370 g/mol. The number of halogens is 1. The smallest absolute Gasteiger partial charge is 0.350 e. The van der Waals surface area contributed by atoms with E-state index in [9.17, 15) is 9.18 Å². The molecule has 1 fully saturated rings. The van der Waals surface area contributed by atoms with Gasteiger partial charge in [0.25, 0.3) is 0 Å². The molecule has 2 aliphatic rings. The average Bonchev–Trinajstić information content (AvgIpc) is 3.41. The Bertz CT molecular complexity index is 954. The number of anilines is 2. The number of nitrogens with zero attached hydrogens (tertiary/aromatic N) is 6. The Balaban J connectivity index is 1.37. The van der Waals surface area contributed by atoms with Crippen molar-refractivity contribution in [3.05, 3.63) is 42.4 Å². The zero-order valence-corrected chi connectivity index (χ0v) is 14.6. The van der Waals surface area contributed by atoms with Crippen LogP contribution in [0, 0.1) is 0 Å². The molecule has 0 aliphatic carbocycles. The molecule has 0 bridgehead atoms. The molecule has 0 spiro atoms. The molecule has 3 aromatic heterocycles. The van der Waals surface area contributed by atoms with Crippen LogP contribution in [0.15, 0.2) is 36.7 Å². The Kier molecular flexibility index (Phi) is 3.49. The van der Waals surface area contributed by atoms with Crippen molar-refractivity contribution in [1.82, 2.24) is 19.1 Å². The summed E-state index contributed by atoms with van der Waals surface area (Å²) < 4.78 is 18.8. The molecule has 0 unspecified atom stereocenters. The second kappa shape index (κ2) is 5.87. The van der Waals surface area contributed by atoms with E-state index in [1.54, 1.807) is 17.3 Å². The summed E-state index contributed by atoms with van der Waals surface area (Å²) in [5, 5.41) is 5.25. The molecule has 0 N–H and O–H groups in total. The molecule has 9 heteroatoms. The molecule has 3 aromatic rings. The summed E-state index contributed by atoms with van der Waals surface area (Å²) in [5.41, 5.74) is 2.38. The van der Waals surface area contributed by atoms with Crippen LogP contribution in [0.5, 0.6) is 0 Å². The first-order valence-electron chi connectivity index (χ1n) is 8.36. The van der Waals surface area contributed by atoms with Gasteiger partial charge in [-0.25, -0.2) is 14.2 Å². The molecule has 1 saturated heterocycles. The minimum Gasteiger partial charge on any atom is -0.354 e. The van der Waals surface area contributed by atoms with Crippen LogP contribution in [0.2, 0.25) is 0 Å². The zero-order valence-electron chi connectivity index (χ0n) is 13.7. The van der Waals surface area contributed by atoms with Crippen LogP contribution in [0.3, 0.4) is 0 Å². The quantitative estimate of drug-likeness (QED) is 0.709. The maximum atomic E-state index is 13.3. The van der Waals surface area contributed by atoms with E-state index in [1.165, 1.54) is 16.2 Å². The predicted molar refractivity (Wildman–Crippen MR) is 96.3 cm³/mol. The lowest BCUT2D eigenvalue weighted by Gasteiger charge is -2.16. The van der Waals surface area contributed by atoms with Crippen LogP contribution in [0.4, 0.5) is 20.0 Å². The molecule has 7 nitrogen and oxygen atoms in total. The number of carbonyl (C=O) groups is 1. The lowest BCUT2D eigenvalue weighted by molar-refractivity contribution is 0.248. The summed E-state index contributed by atoms with van der Waals surface area (Å²) in [6.07, 6.45) is 3.18. The molecule has 2 aliphatic heterocycles. The van der Waals surface area contributed by atoms with Crippen LogP contribution in [-0.2, 0) is 6.54 Å². The van der Waals surface area contributed by atoms with E-state index < -0.39 is 6.17 Å². The fourth-order valence-electron chi connectivity index (χ4n) is 3.35. The Hall–Kier alpha value is -2.81. The summed E-state index contributed by atoms with van der Waals surface area (Å²) in [7, 11) is 0. The Morgan fingerprint density at radius 3 is 2.85 bits per heavy atom. The second-order valence-corrected chi connectivity index (χ2v) is 7.20. The van der Waals surface area contributed by atoms with Gasteiger partial charge >= 0.3 is 6.03 Å². The summed E-state index contributed by atoms with van der Waals surface area (Å²) in [6.45, 7) is 1.56. The van der Waals surface area contributed by atoms with Crippen LogP contribution in [0.25, 0.3) is 11.3 Å². The van der Waals surface area contributed by atoms with E-state index in [1.807, 2.05) is 29.2 Å². The Morgan fingerprint density at radius 1 is 1.27 bits per heavy atom. The van der Waals surface area contributed by atoms with E-state index in [-0.39, 0.29) is 6.03 Å². The van der Waals surface area contributed by atoms with Crippen molar-refractivity contribution in [3.8, 4) is 11.3 Å². The van der Waals surface area contributed by atoms with Crippen LogP contribution in [0.1, 0.15) is 12.1 Å². The molecule has 1 atom stereocenters. The zero-order chi connectivity index (χ0) is 17.7. The second-order valence-electron chi connectivity index (χ2n) is 6.39. The van der Waals surface area contributed by atoms with Gasteiger partial charge < -0.3 is 4.90 Å². The number of pyridine rings is 1. The first-order chi connectivity index (χ1) is 12.7. The number of rotatable bonds is 3. The van der Waals surface area contributed by atoms with Crippen molar-refractivity contribution in [2.24, 2.45) is 0 Å². The van der Waals surface area contributed by atoms with Crippen molar-refractivity contribution >= 4 is 28.4 Å². The Morgan fingerprint density at radius 2 is 2.19 bits per heavy atom. The molecule has 1 amide bonds. The highest BCUT2D eigenvalue weighted by Gasteiger charge is 2.31. The van der Waals surface area contributed by atoms with E-state index in [0.29, 0.717) is 31.7 Å². The molecule has 0 aromatic carbocycles. The molecular weight excluding hydrogens is 355 g/mol. The summed E-state index contributed by atoms with van der Waals surface area (Å²) >= 11 is 1.28. The maximum Gasteiger partial charge on any atom is 0.350 e. The van der Waals surface area contributed by atoms with Crippen molar-refractivity contribution in [3.63, 3.8) is 0 Å². The maximum absolute atomic E-state index is 13.3. The molecule has 5 rings (SSSR count). The number of fused-ring (bicyclic) bond motifs is 1. The van der Waals surface area contributed by atoms with E-state index in [0.717, 1.165) is 22.1 Å². The largest absolute Gasteiger partial charge is 0.354 e. The van der Waals surface area contributed by atoms with Crippen molar-refractivity contribution in [2.75, 3.05) is 22.9 Å². The lowest BCUT2D eigenvalue weighted by atomic mass is 10.2. The number of carbonyl (C=O) groups excluding carboxylic acids is 1. The van der Waals surface area contributed by atoms with Crippen LogP contribution in [-0.4, -0.2) is 44.4 Å². The third kappa shape index (κ3) is 2.47. The van der Waals surface area contributed by atoms with Gasteiger partial charge in [0, 0.05) is 24.5 Å². The summed E-state index contributed by atoms with van der Waals surface area (Å²) in [6, 6.07) is 7.34. The highest BCUT2D eigenvalue weighted by Crippen LogP contribution is 2.30. The van der Waals surface area contributed by atoms with Crippen molar-refractivity contribution in [1.29, 1.82) is 0 Å². The number of hydrogen-bond donors (Lipinski definition) is 0. The first kappa shape index (κ1) is 15.4. The molecule has 0 radical (unpaired) electrons. The minimum absolute atomic E-state index is 0.175. The topological polar surface area (TPSA) is 67.2 Å². The SMILES string of the molecule is O=C1N(c2ccns2)Cc2cc(-c3ccc(N4CC[C@@H](F)C4)nc3)nn21. The fourth-order valence-corrected chi connectivity index (χ4v) is 3.95. The average molecular weight is 370 g/mol. The van der Waals surface area contributed by atoms with Gasteiger partial charge in [-0.15, -0.1) is 0 Å². The molecule has 132 valence electrons. The van der Waals surface area contributed by atoms with Crippen molar-refractivity contribution < 1.29 is 9.18 Å². The third-order valence-corrected chi connectivity index (χ3v) is 5.47. The summed E-state index contributed by atoms with van der Waals surface area (Å²) in [5.74, 6) is 0.771. The van der Waals surface area contributed by atoms with Crippen molar-refractivity contribution in [2.45, 2.75) is 19.1 Å². The van der Waals surface area contributed by atoms with Gasteiger partial charge in [0.05, 0.1) is 24.5 Å². The van der Waals surface area contributed by atoms with Crippen LogP contribution < -0.4 is 9.80 Å². The summed E-state index contributed by atoms with van der Waals surface area (Å²) in [4.78, 5) is 20.6.